The summed E-state index contributed by atoms with van der Waals surface area (Å²) in [4.78, 5) is 15.5. The van der Waals surface area contributed by atoms with Gasteiger partial charge in [0.1, 0.15) is 5.82 Å². The van der Waals surface area contributed by atoms with Crippen LogP contribution in [0.15, 0.2) is 57.3 Å². The second-order valence-corrected chi connectivity index (χ2v) is 7.68. The Morgan fingerprint density at radius 1 is 1.33 bits per heavy atom. The Morgan fingerprint density at radius 2 is 1.96 bits per heavy atom. The van der Waals surface area contributed by atoms with Crippen LogP contribution >= 0.6 is 11.8 Å². The van der Waals surface area contributed by atoms with Crippen LogP contribution in [0.25, 0.3) is 0 Å². The minimum Gasteiger partial charge on any atom is -0.382 e. The fourth-order valence-corrected chi connectivity index (χ4v) is 4.11. The van der Waals surface area contributed by atoms with Crippen LogP contribution in [0, 0.1) is 5.82 Å². The van der Waals surface area contributed by atoms with E-state index in [-0.39, 0.29) is 22.5 Å². The zero-order chi connectivity index (χ0) is 17.9. The molecule has 0 spiro atoms. The zero-order valence-corrected chi connectivity index (χ0v) is 14.8. The maximum absolute atomic E-state index is 13.0. The first kappa shape index (κ1) is 18.2. The van der Waals surface area contributed by atoms with Crippen molar-refractivity contribution in [2.24, 2.45) is 4.40 Å². The van der Waals surface area contributed by atoms with Crippen LogP contribution in [0.3, 0.4) is 0 Å². The van der Waals surface area contributed by atoms with Gasteiger partial charge in [0.15, 0.2) is 5.17 Å². The summed E-state index contributed by atoms with van der Waals surface area (Å²) in [5.74, 6) is -0.891. The van der Waals surface area contributed by atoms with Crippen LogP contribution in [0.4, 0.5) is 4.39 Å². The van der Waals surface area contributed by atoms with Gasteiger partial charge in [0.05, 0.1) is 9.80 Å². The van der Waals surface area contributed by atoms with Gasteiger partial charge in [-0.25, -0.2) is 4.39 Å². The molecule has 1 saturated heterocycles. The number of sulfonamides is 1. The lowest BCUT2D eigenvalue weighted by Crippen LogP contribution is -2.30. The Hall–Kier alpha value is -2.13. The molecule has 0 saturated carbocycles. The standard InChI is InChI=1S/C15H16FN3O3S2/c1-4-9-19-14(20)13(10-18(2)3)23-15(19)17-24(21,22)12-7-5-11(16)6-8-12/h4-8,10H,1,9H2,2-3H3/b13-10-,17-15?. The molecular formula is C15H16FN3O3S2. The molecular weight excluding hydrogens is 353 g/mol. The lowest BCUT2D eigenvalue weighted by molar-refractivity contribution is -0.121. The number of carbonyl (C=O) groups is 1. The van der Waals surface area contributed by atoms with Gasteiger partial charge < -0.3 is 4.90 Å². The van der Waals surface area contributed by atoms with Crippen LogP contribution in [-0.4, -0.2) is 49.9 Å². The number of nitrogens with zero attached hydrogens (tertiary/aromatic N) is 3. The fourth-order valence-electron chi connectivity index (χ4n) is 1.85. The molecule has 0 unspecified atom stereocenters. The number of amidine groups is 1. The average molecular weight is 369 g/mol. The molecule has 6 nitrogen and oxygen atoms in total. The Labute approximate surface area is 144 Å². The van der Waals surface area contributed by atoms with Crippen molar-refractivity contribution in [1.82, 2.24) is 9.80 Å². The van der Waals surface area contributed by atoms with Gasteiger partial charge in [0.2, 0.25) is 0 Å². The summed E-state index contributed by atoms with van der Waals surface area (Å²) in [6.07, 6.45) is 3.08. The van der Waals surface area contributed by atoms with Crippen molar-refractivity contribution in [3.05, 3.63) is 53.8 Å². The number of halogens is 1. The molecule has 0 atom stereocenters. The van der Waals surface area contributed by atoms with Gasteiger partial charge in [0, 0.05) is 26.8 Å². The van der Waals surface area contributed by atoms with Crippen LogP contribution < -0.4 is 0 Å². The summed E-state index contributed by atoms with van der Waals surface area (Å²) in [5, 5.41) is 0.0392. The van der Waals surface area contributed by atoms with E-state index >= 15 is 0 Å². The molecule has 1 aromatic carbocycles. The topological polar surface area (TPSA) is 70.1 Å². The maximum Gasteiger partial charge on any atom is 0.284 e. The van der Waals surface area contributed by atoms with Crippen LogP contribution in [-0.2, 0) is 14.8 Å². The minimum atomic E-state index is -4.06. The Kier molecular flexibility index (Phi) is 5.45. The van der Waals surface area contributed by atoms with E-state index in [1.807, 2.05) is 0 Å². The summed E-state index contributed by atoms with van der Waals surface area (Å²) in [5.41, 5.74) is 0. The molecule has 0 aromatic heterocycles. The number of hydrogen-bond donors (Lipinski definition) is 0. The number of rotatable bonds is 5. The molecule has 1 amide bonds. The maximum atomic E-state index is 13.0. The quantitative estimate of drug-likeness (QED) is 0.587. The van der Waals surface area contributed by atoms with Gasteiger partial charge in [0.25, 0.3) is 15.9 Å². The van der Waals surface area contributed by atoms with Crippen molar-refractivity contribution in [1.29, 1.82) is 0 Å². The molecule has 2 rings (SSSR count). The van der Waals surface area contributed by atoms with E-state index in [2.05, 4.69) is 11.0 Å². The van der Waals surface area contributed by atoms with Gasteiger partial charge in [-0.15, -0.1) is 11.0 Å². The number of thioether (sulfide) groups is 1. The van der Waals surface area contributed by atoms with Gasteiger partial charge >= 0.3 is 0 Å². The van der Waals surface area contributed by atoms with Crippen molar-refractivity contribution in [2.45, 2.75) is 4.90 Å². The van der Waals surface area contributed by atoms with Crippen molar-refractivity contribution in [3.63, 3.8) is 0 Å². The molecule has 0 radical (unpaired) electrons. The van der Waals surface area contributed by atoms with E-state index < -0.39 is 15.8 Å². The Morgan fingerprint density at radius 3 is 2.50 bits per heavy atom. The number of carbonyl (C=O) groups excluding carboxylic acids is 1. The fraction of sp³-hybridized carbons (Fsp3) is 0.200. The summed E-state index contributed by atoms with van der Waals surface area (Å²) in [7, 11) is -0.549. The number of amides is 1. The molecule has 1 heterocycles. The highest BCUT2D eigenvalue weighted by Gasteiger charge is 2.34. The second kappa shape index (κ2) is 7.18. The van der Waals surface area contributed by atoms with Crippen molar-refractivity contribution < 1.29 is 17.6 Å². The first-order chi connectivity index (χ1) is 11.2. The highest BCUT2D eigenvalue weighted by atomic mass is 32.2. The predicted octanol–water partition coefficient (Wildman–Crippen LogP) is 2.03. The monoisotopic (exact) mass is 369 g/mol. The van der Waals surface area contributed by atoms with E-state index in [0.717, 1.165) is 36.0 Å². The van der Waals surface area contributed by atoms with Crippen molar-refractivity contribution >= 4 is 32.9 Å². The third-order valence-electron chi connectivity index (χ3n) is 2.88. The summed E-state index contributed by atoms with van der Waals surface area (Å²) in [6, 6.07) is 4.34. The molecule has 1 aliphatic heterocycles. The van der Waals surface area contributed by atoms with E-state index in [4.69, 9.17) is 0 Å². The summed E-state index contributed by atoms with van der Waals surface area (Å²) in [6.45, 7) is 3.70. The molecule has 0 aliphatic carbocycles. The van der Waals surface area contributed by atoms with E-state index in [1.165, 1.54) is 11.0 Å². The first-order valence-corrected chi connectivity index (χ1v) is 9.09. The number of hydrogen-bond acceptors (Lipinski definition) is 5. The molecule has 1 aliphatic rings. The number of benzene rings is 1. The molecule has 128 valence electrons. The Bertz CT molecular complexity index is 815. The smallest absolute Gasteiger partial charge is 0.284 e. The van der Waals surface area contributed by atoms with Gasteiger partial charge in [-0.05, 0) is 36.0 Å². The minimum absolute atomic E-state index is 0.0392. The third kappa shape index (κ3) is 4.04. The van der Waals surface area contributed by atoms with E-state index in [1.54, 1.807) is 25.2 Å². The Balaban J connectivity index is 2.43. The highest BCUT2D eigenvalue weighted by molar-refractivity contribution is 8.19. The third-order valence-corrected chi connectivity index (χ3v) is 5.28. The average Bonchev–Trinajstić information content (AvgIpc) is 2.75. The first-order valence-electron chi connectivity index (χ1n) is 6.84. The predicted molar refractivity (Wildman–Crippen MR) is 92.3 cm³/mol. The SMILES string of the molecule is C=CCN1C(=O)/C(=C/N(C)C)SC1=NS(=O)(=O)c1ccc(F)cc1. The van der Waals surface area contributed by atoms with Gasteiger partial charge in [-0.2, -0.15) is 8.42 Å². The molecule has 0 bridgehead atoms. The normalized spacial score (nSPS) is 18.5. The van der Waals surface area contributed by atoms with Crippen LogP contribution in [0.1, 0.15) is 0 Å². The zero-order valence-electron chi connectivity index (χ0n) is 13.1. The van der Waals surface area contributed by atoms with E-state index in [9.17, 15) is 17.6 Å². The highest BCUT2D eigenvalue weighted by Crippen LogP contribution is 2.32. The van der Waals surface area contributed by atoms with Gasteiger partial charge in [-0.1, -0.05) is 6.08 Å². The largest absolute Gasteiger partial charge is 0.382 e. The lowest BCUT2D eigenvalue weighted by Gasteiger charge is -2.12. The molecule has 9 heteroatoms. The van der Waals surface area contributed by atoms with E-state index in [0.29, 0.717) is 4.91 Å². The van der Waals surface area contributed by atoms with Crippen LogP contribution in [0.2, 0.25) is 0 Å². The van der Waals surface area contributed by atoms with Gasteiger partial charge in [-0.3, -0.25) is 9.69 Å². The van der Waals surface area contributed by atoms with Crippen molar-refractivity contribution in [3.8, 4) is 0 Å². The molecule has 1 aromatic rings. The molecule has 1 fully saturated rings. The van der Waals surface area contributed by atoms with Crippen molar-refractivity contribution in [2.75, 3.05) is 20.6 Å². The lowest BCUT2D eigenvalue weighted by atomic mass is 10.4. The molecule has 0 N–H and O–H groups in total. The van der Waals surface area contributed by atoms with Crippen LogP contribution in [0.5, 0.6) is 0 Å². The molecule has 24 heavy (non-hydrogen) atoms. The second-order valence-electron chi connectivity index (χ2n) is 5.07. The summed E-state index contributed by atoms with van der Waals surface area (Å²) < 4.78 is 41.4. The summed E-state index contributed by atoms with van der Waals surface area (Å²) >= 11 is 0.965.